The van der Waals surface area contributed by atoms with Crippen LogP contribution in [0.4, 0.5) is 0 Å². The van der Waals surface area contributed by atoms with Crippen molar-refractivity contribution in [3.05, 3.63) is 63.9 Å². The highest BCUT2D eigenvalue weighted by molar-refractivity contribution is 6.42. The van der Waals surface area contributed by atoms with Gasteiger partial charge in [0, 0.05) is 36.8 Å². The molecular weight excluding hydrogens is 461 g/mol. The van der Waals surface area contributed by atoms with Gasteiger partial charge in [0.15, 0.2) is 0 Å². The molecule has 3 rings (SSSR count). The number of hydrogen-bond acceptors (Lipinski definition) is 4. The topological polar surface area (TPSA) is 90.1 Å². The Balaban J connectivity index is 1.74. The van der Waals surface area contributed by atoms with Gasteiger partial charge in [0.25, 0.3) is 0 Å². The maximum absolute atomic E-state index is 13.1. The number of aromatic nitrogens is 2. The molecule has 2 amide bonds. The standard InChI is InChI=1S/C24H29Cl2N5O2/c1-14(2)31(4)15(3)23(32)30-21(11-16-5-6-19(25)20(26)10-16)24(33)29-13-17-9-18-7-8-27-22(18)28-12-17/h5-10,12,14-15,21H,11,13H2,1-4H3,(H,27,28)(H,29,33)(H,30,32)/t15-,21-/m0/s1. The fraction of sp³-hybridized carbons (Fsp3) is 0.375. The van der Waals surface area contributed by atoms with E-state index in [1.807, 2.05) is 51.0 Å². The quantitative estimate of drug-likeness (QED) is 0.424. The molecule has 0 fully saturated rings. The Hall–Kier alpha value is -2.61. The van der Waals surface area contributed by atoms with E-state index in [0.29, 0.717) is 16.6 Å². The maximum Gasteiger partial charge on any atom is 0.243 e. The molecule has 2 aromatic heterocycles. The number of nitrogens with one attached hydrogen (secondary N) is 3. The van der Waals surface area contributed by atoms with E-state index in [9.17, 15) is 9.59 Å². The third kappa shape index (κ3) is 6.47. The molecule has 0 aliphatic carbocycles. The van der Waals surface area contributed by atoms with E-state index in [0.717, 1.165) is 22.2 Å². The van der Waals surface area contributed by atoms with Gasteiger partial charge in [-0.25, -0.2) is 4.98 Å². The summed E-state index contributed by atoms with van der Waals surface area (Å²) in [6.07, 6.45) is 3.81. The highest BCUT2D eigenvalue weighted by atomic mass is 35.5. The Bertz CT molecular complexity index is 1130. The number of carbonyl (C=O) groups is 2. The molecule has 0 aliphatic rings. The number of likely N-dealkylation sites (N-methyl/N-ethyl adjacent to an activating group) is 1. The highest BCUT2D eigenvalue weighted by Crippen LogP contribution is 2.23. The second-order valence-corrected chi connectivity index (χ2v) is 9.24. The van der Waals surface area contributed by atoms with Crippen LogP contribution in [0.1, 0.15) is 31.9 Å². The number of fused-ring (bicyclic) bond motifs is 1. The second kappa shape index (κ2) is 11.0. The number of halogens is 2. The second-order valence-electron chi connectivity index (χ2n) is 8.43. The molecule has 0 radical (unpaired) electrons. The average Bonchev–Trinajstić information content (AvgIpc) is 3.26. The summed E-state index contributed by atoms with van der Waals surface area (Å²) in [4.78, 5) is 35.4. The number of nitrogens with zero attached hydrogens (tertiary/aromatic N) is 2. The van der Waals surface area contributed by atoms with Gasteiger partial charge in [-0.1, -0.05) is 29.3 Å². The predicted octanol–water partition coefficient (Wildman–Crippen LogP) is 3.94. The van der Waals surface area contributed by atoms with E-state index in [4.69, 9.17) is 23.2 Å². The maximum atomic E-state index is 13.1. The van der Waals surface area contributed by atoms with Crippen LogP contribution in [0.3, 0.4) is 0 Å². The van der Waals surface area contributed by atoms with Crippen LogP contribution < -0.4 is 10.6 Å². The summed E-state index contributed by atoms with van der Waals surface area (Å²) in [6.45, 7) is 6.14. The number of hydrogen-bond donors (Lipinski definition) is 3. The minimum atomic E-state index is -0.776. The molecule has 3 N–H and O–H groups in total. The summed E-state index contributed by atoms with van der Waals surface area (Å²) in [5, 5.41) is 7.63. The van der Waals surface area contributed by atoms with E-state index in [2.05, 4.69) is 20.6 Å². The van der Waals surface area contributed by atoms with Crippen molar-refractivity contribution in [3.8, 4) is 0 Å². The molecule has 0 saturated heterocycles. The molecule has 3 aromatic rings. The molecular formula is C24H29Cl2N5O2. The molecule has 0 bridgehead atoms. The monoisotopic (exact) mass is 489 g/mol. The number of aromatic amines is 1. The minimum Gasteiger partial charge on any atom is -0.350 e. The normalized spacial score (nSPS) is 13.3. The Morgan fingerprint density at radius 1 is 1.06 bits per heavy atom. The number of benzene rings is 1. The lowest BCUT2D eigenvalue weighted by Gasteiger charge is -2.29. The Kier molecular flexibility index (Phi) is 8.35. The minimum absolute atomic E-state index is 0.184. The molecule has 176 valence electrons. The van der Waals surface area contributed by atoms with Gasteiger partial charge in [-0.05, 0) is 63.2 Å². The van der Waals surface area contributed by atoms with E-state index >= 15 is 0 Å². The van der Waals surface area contributed by atoms with Crippen LogP contribution in [-0.2, 0) is 22.6 Å². The zero-order valence-corrected chi connectivity index (χ0v) is 20.7. The predicted molar refractivity (Wildman–Crippen MR) is 132 cm³/mol. The lowest BCUT2D eigenvalue weighted by atomic mass is 10.0. The van der Waals surface area contributed by atoms with E-state index in [1.165, 1.54) is 0 Å². The summed E-state index contributed by atoms with van der Waals surface area (Å²) in [5.41, 5.74) is 2.45. The van der Waals surface area contributed by atoms with Gasteiger partial charge in [-0.15, -0.1) is 0 Å². The van der Waals surface area contributed by atoms with E-state index in [-0.39, 0.29) is 24.3 Å². The summed E-state index contributed by atoms with van der Waals surface area (Å²) in [5.74, 6) is -0.509. The fourth-order valence-corrected chi connectivity index (χ4v) is 3.75. The fourth-order valence-electron chi connectivity index (χ4n) is 3.43. The van der Waals surface area contributed by atoms with E-state index < -0.39 is 12.1 Å². The molecule has 0 aliphatic heterocycles. The van der Waals surface area contributed by atoms with Gasteiger partial charge in [0.1, 0.15) is 11.7 Å². The first kappa shape index (κ1) is 25.0. The Morgan fingerprint density at radius 3 is 2.52 bits per heavy atom. The van der Waals surface area contributed by atoms with Crippen LogP contribution >= 0.6 is 23.2 Å². The van der Waals surface area contributed by atoms with Crippen molar-refractivity contribution < 1.29 is 9.59 Å². The van der Waals surface area contributed by atoms with Crippen LogP contribution in [0.25, 0.3) is 11.0 Å². The lowest BCUT2D eigenvalue weighted by Crippen LogP contribution is -2.53. The van der Waals surface area contributed by atoms with Crippen molar-refractivity contribution >= 4 is 46.0 Å². The first-order valence-corrected chi connectivity index (χ1v) is 11.6. The van der Waals surface area contributed by atoms with Crippen LogP contribution in [-0.4, -0.2) is 51.9 Å². The average molecular weight is 490 g/mol. The van der Waals surface area contributed by atoms with Gasteiger partial charge in [-0.2, -0.15) is 0 Å². The number of pyridine rings is 1. The van der Waals surface area contributed by atoms with Gasteiger partial charge < -0.3 is 15.6 Å². The van der Waals surface area contributed by atoms with Crippen molar-refractivity contribution in [2.45, 2.75) is 51.9 Å². The van der Waals surface area contributed by atoms with Gasteiger partial charge in [0.2, 0.25) is 11.8 Å². The van der Waals surface area contributed by atoms with Gasteiger partial charge in [-0.3, -0.25) is 14.5 Å². The Labute approximate surface area is 203 Å². The Morgan fingerprint density at radius 2 is 1.82 bits per heavy atom. The smallest absolute Gasteiger partial charge is 0.243 e. The van der Waals surface area contributed by atoms with Gasteiger partial charge in [0.05, 0.1) is 16.1 Å². The van der Waals surface area contributed by atoms with Crippen LogP contribution in [0, 0.1) is 0 Å². The summed E-state index contributed by atoms with van der Waals surface area (Å²) < 4.78 is 0. The van der Waals surface area contributed by atoms with Crippen LogP contribution in [0.5, 0.6) is 0 Å². The molecule has 0 spiro atoms. The molecule has 1 aromatic carbocycles. The van der Waals surface area contributed by atoms with Gasteiger partial charge >= 0.3 is 0 Å². The molecule has 0 saturated carbocycles. The van der Waals surface area contributed by atoms with Crippen molar-refractivity contribution in [1.82, 2.24) is 25.5 Å². The number of rotatable bonds is 9. The molecule has 9 heteroatoms. The highest BCUT2D eigenvalue weighted by Gasteiger charge is 2.26. The number of carbonyl (C=O) groups excluding carboxylic acids is 2. The third-order valence-electron chi connectivity index (χ3n) is 5.79. The number of H-pyrrole nitrogens is 1. The third-order valence-corrected chi connectivity index (χ3v) is 6.52. The van der Waals surface area contributed by atoms with Crippen molar-refractivity contribution in [3.63, 3.8) is 0 Å². The lowest BCUT2D eigenvalue weighted by molar-refractivity contribution is -0.131. The zero-order valence-electron chi connectivity index (χ0n) is 19.2. The molecule has 7 nitrogen and oxygen atoms in total. The molecule has 0 unspecified atom stereocenters. The summed E-state index contributed by atoms with van der Waals surface area (Å²) in [7, 11) is 1.88. The molecule has 2 heterocycles. The van der Waals surface area contributed by atoms with Crippen molar-refractivity contribution in [1.29, 1.82) is 0 Å². The first-order valence-electron chi connectivity index (χ1n) is 10.8. The summed E-state index contributed by atoms with van der Waals surface area (Å²) >= 11 is 12.2. The number of amides is 2. The first-order chi connectivity index (χ1) is 15.7. The van der Waals surface area contributed by atoms with Crippen molar-refractivity contribution in [2.75, 3.05) is 7.05 Å². The largest absolute Gasteiger partial charge is 0.350 e. The zero-order chi connectivity index (χ0) is 24.1. The molecule has 2 atom stereocenters. The van der Waals surface area contributed by atoms with E-state index in [1.54, 1.807) is 24.4 Å². The summed E-state index contributed by atoms with van der Waals surface area (Å²) in [6, 6.07) is 8.10. The van der Waals surface area contributed by atoms with Crippen LogP contribution in [0.2, 0.25) is 10.0 Å². The van der Waals surface area contributed by atoms with Crippen molar-refractivity contribution in [2.24, 2.45) is 0 Å². The SMILES string of the molecule is CC(C)N(C)[C@@H](C)C(=O)N[C@@H](Cc1ccc(Cl)c(Cl)c1)C(=O)NCc1cnc2[nH]ccc2c1. The van der Waals surface area contributed by atoms with Crippen LogP contribution in [0.15, 0.2) is 42.7 Å². The molecule has 33 heavy (non-hydrogen) atoms.